The zero-order valence-corrected chi connectivity index (χ0v) is 13.9. The smallest absolute Gasteiger partial charge is 0.319 e. The maximum Gasteiger partial charge on any atom is 0.319 e. The van der Waals surface area contributed by atoms with E-state index in [2.05, 4.69) is 22.8 Å². The number of hydrogen-bond donors (Lipinski definition) is 2. The normalized spacial score (nSPS) is 16.2. The number of ether oxygens (including phenoxy) is 1. The van der Waals surface area contributed by atoms with Gasteiger partial charge in [0.25, 0.3) is 0 Å². The number of hydrogen-bond acceptors (Lipinski definition) is 2. The fraction of sp³-hybridized carbons (Fsp3) is 0.190. The van der Waals surface area contributed by atoms with Crippen LogP contribution in [-0.2, 0) is 17.8 Å². The molecule has 3 aromatic carbocycles. The molecule has 126 valence electrons. The zero-order chi connectivity index (χ0) is 17.1. The molecule has 0 fully saturated rings. The van der Waals surface area contributed by atoms with Crippen LogP contribution in [0.3, 0.4) is 0 Å². The van der Waals surface area contributed by atoms with Crippen molar-refractivity contribution in [3.05, 3.63) is 77.9 Å². The van der Waals surface area contributed by atoms with Crippen LogP contribution in [0.1, 0.15) is 11.1 Å². The molecule has 0 radical (unpaired) electrons. The van der Waals surface area contributed by atoms with Crippen molar-refractivity contribution in [3.8, 4) is 0 Å². The molecule has 2 amide bonds. The van der Waals surface area contributed by atoms with Crippen LogP contribution in [0, 0.1) is 0 Å². The van der Waals surface area contributed by atoms with Crippen molar-refractivity contribution in [2.24, 2.45) is 0 Å². The zero-order valence-electron chi connectivity index (χ0n) is 13.9. The maximum absolute atomic E-state index is 12.3. The van der Waals surface area contributed by atoms with E-state index in [4.69, 9.17) is 4.74 Å². The van der Waals surface area contributed by atoms with Crippen LogP contribution in [0.4, 0.5) is 10.5 Å². The molecule has 0 aromatic heterocycles. The Hall–Kier alpha value is -2.85. The van der Waals surface area contributed by atoms with Gasteiger partial charge in [-0.15, -0.1) is 0 Å². The minimum atomic E-state index is -0.209. The monoisotopic (exact) mass is 332 g/mol. The largest absolute Gasteiger partial charge is 0.371 e. The van der Waals surface area contributed by atoms with Crippen molar-refractivity contribution in [3.63, 3.8) is 0 Å². The highest BCUT2D eigenvalue weighted by Gasteiger charge is 2.19. The summed E-state index contributed by atoms with van der Waals surface area (Å²) in [6, 6.07) is 22.0. The molecule has 3 aromatic rings. The van der Waals surface area contributed by atoms with E-state index in [9.17, 15) is 4.79 Å². The lowest BCUT2D eigenvalue weighted by atomic mass is 9.99. The van der Waals surface area contributed by atoms with E-state index in [0.717, 1.165) is 22.9 Å². The van der Waals surface area contributed by atoms with E-state index < -0.39 is 0 Å². The standard InChI is InChI=1S/C21H20N2O2/c24-21(23-20-11-5-9-15-6-3-4-10-19(15)20)22-13-18-12-16-7-1-2-8-17(16)14-25-18/h1-11,18H,12-14H2,(H2,22,23,24). The third-order valence-electron chi connectivity index (χ3n) is 4.57. The van der Waals surface area contributed by atoms with E-state index in [1.54, 1.807) is 0 Å². The highest BCUT2D eigenvalue weighted by atomic mass is 16.5. The predicted octanol–water partition coefficient (Wildman–Crippen LogP) is 4.10. The van der Waals surface area contributed by atoms with Gasteiger partial charge in [0.15, 0.2) is 0 Å². The van der Waals surface area contributed by atoms with E-state index in [0.29, 0.717) is 13.2 Å². The molecule has 25 heavy (non-hydrogen) atoms. The van der Waals surface area contributed by atoms with E-state index in [-0.39, 0.29) is 12.1 Å². The van der Waals surface area contributed by atoms with Crippen LogP contribution in [0.2, 0.25) is 0 Å². The summed E-state index contributed by atoms with van der Waals surface area (Å²) in [6.45, 7) is 1.10. The number of carbonyl (C=O) groups is 1. The minimum Gasteiger partial charge on any atom is -0.371 e. The molecule has 4 nitrogen and oxygen atoms in total. The molecule has 0 saturated carbocycles. The van der Waals surface area contributed by atoms with Gasteiger partial charge in [0.1, 0.15) is 0 Å². The van der Waals surface area contributed by atoms with Gasteiger partial charge in [-0.05, 0) is 22.6 Å². The molecule has 0 aliphatic carbocycles. The quantitative estimate of drug-likeness (QED) is 0.758. The molecular formula is C21H20N2O2. The Balaban J connectivity index is 1.37. The fourth-order valence-corrected chi connectivity index (χ4v) is 3.25. The molecule has 1 heterocycles. The number of anilines is 1. The Bertz CT molecular complexity index is 902. The van der Waals surface area contributed by atoms with Gasteiger partial charge in [0.05, 0.1) is 18.4 Å². The van der Waals surface area contributed by atoms with Crippen molar-refractivity contribution in [2.45, 2.75) is 19.1 Å². The molecule has 4 heteroatoms. The van der Waals surface area contributed by atoms with Gasteiger partial charge < -0.3 is 15.4 Å². The third kappa shape index (κ3) is 3.49. The molecule has 0 saturated heterocycles. The van der Waals surface area contributed by atoms with Crippen molar-refractivity contribution < 1.29 is 9.53 Å². The second-order valence-corrected chi connectivity index (χ2v) is 6.27. The number of rotatable bonds is 3. The summed E-state index contributed by atoms with van der Waals surface area (Å²) in [5, 5.41) is 7.99. The SMILES string of the molecule is O=C(NCC1Cc2ccccc2CO1)Nc1cccc2ccccc12. The highest BCUT2D eigenvalue weighted by Crippen LogP contribution is 2.23. The van der Waals surface area contributed by atoms with Gasteiger partial charge in [0.2, 0.25) is 0 Å². The van der Waals surface area contributed by atoms with Crippen molar-refractivity contribution in [2.75, 3.05) is 11.9 Å². The summed E-state index contributed by atoms with van der Waals surface area (Å²) in [6.07, 6.45) is 0.832. The number of benzene rings is 3. The number of fused-ring (bicyclic) bond motifs is 2. The van der Waals surface area contributed by atoms with Gasteiger partial charge in [-0.2, -0.15) is 0 Å². The summed E-state index contributed by atoms with van der Waals surface area (Å²) in [5.41, 5.74) is 3.35. The second-order valence-electron chi connectivity index (χ2n) is 6.27. The number of amides is 2. The van der Waals surface area contributed by atoms with Crippen LogP contribution < -0.4 is 10.6 Å². The van der Waals surface area contributed by atoms with E-state index in [1.807, 2.05) is 54.6 Å². The predicted molar refractivity (Wildman–Crippen MR) is 99.7 cm³/mol. The molecule has 4 rings (SSSR count). The molecule has 1 aliphatic heterocycles. The summed E-state index contributed by atoms with van der Waals surface area (Å²) in [4.78, 5) is 12.3. The van der Waals surface area contributed by atoms with Crippen molar-refractivity contribution >= 4 is 22.5 Å². The van der Waals surface area contributed by atoms with Crippen LogP contribution in [0.25, 0.3) is 10.8 Å². The Kier molecular flexibility index (Phi) is 4.36. The molecule has 1 unspecified atom stereocenters. The van der Waals surface area contributed by atoms with Crippen LogP contribution in [0.15, 0.2) is 66.7 Å². The van der Waals surface area contributed by atoms with Crippen LogP contribution >= 0.6 is 0 Å². The second kappa shape index (κ2) is 6.95. The Morgan fingerprint density at radius 1 is 0.960 bits per heavy atom. The van der Waals surface area contributed by atoms with Crippen LogP contribution in [0.5, 0.6) is 0 Å². The average molecular weight is 332 g/mol. The molecule has 0 bridgehead atoms. The Labute approximate surface area is 146 Å². The summed E-state index contributed by atoms with van der Waals surface area (Å²) in [5.74, 6) is 0. The molecule has 0 spiro atoms. The number of carbonyl (C=O) groups excluding carboxylic acids is 1. The van der Waals surface area contributed by atoms with Gasteiger partial charge in [-0.25, -0.2) is 4.79 Å². The lowest BCUT2D eigenvalue weighted by molar-refractivity contribution is 0.0308. The average Bonchev–Trinajstić information content (AvgIpc) is 2.66. The minimum absolute atomic E-state index is 0.00756. The van der Waals surface area contributed by atoms with Gasteiger partial charge in [0, 0.05) is 18.4 Å². The fourth-order valence-electron chi connectivity index (χ4n) is 3.25. The topological polar surface area (TPSA) is 50.4 Å². The molecule has 1 atom stereocenters. The first-order valence-corrected chi connectivity index (χ1v) is 8.50. The lowest BCUT2D eigenvalue weighted by Crippen LogP contribution is -2.38. The Morgan fingerprint density at radius 3 is 2.64 bits per heavy atom. The van der Waals surface area contributed by atoms with E-state index in [1.165, 1.54) is 11.1 Å². The van der Waals surface area contributed by atoms with Gasteiger partial charge >= 0.3 is 6.03 Å². The van der Waals surface area contributed by atoms with Gasteiger partial charge in [-0.3, -0.25) is 0 Å². The molecular weight excluding hydrogens is 312 g/mol. The lowest BCUT2D eigenvalue weighted by Gasteiger charge is -2.25. The summed E-state index contributed by atoms with van der Waals surface area (Å²) in [7, 11) is 0. The van der Waals surface area contributed by atoms with Crippen molar-refractivity contribution in [1.29, 1.82) is 0 Å². The summed E-state index contributed by atoms with van der Waals surface area (Å²) >= 11 is 0. The molecule has 2 N–H and O–H groups in total. The number of nitrogens with one attached hydrogen (secondary N) is 2. The first kappa shape index (κ1) is 15.7. The number of urea groups is 1. The Morgan fingerprint density at radius 2 is 1.72 bits per heavy atom. The third-order valence-corrected chi connectivity index (χ3v) is 4.57. The first-order valence-electron chi connectivity index (χ1n) is 8.50. The van der Waals surface area contributed by atoms with Gasteiger partial charge in [-0.1, -0.05) is 60.7 Å². The summed E-state index contributed by atoms with van der Waals surface area (Å²) < 4.78 is 5.83. The first-order chi connectivity index (χ1) is 12.3. The molecule has 1 aliphatic rings. The van der Waals surface area contributed by atoms with Crippen molar-refractivity contribution in [1.82, 2.24) is 5.32 Å². The van der Waals surface area contributed by atoms with E-state index >= 15 is 0 Å². The highest BCUT2D eigenvalue weighted by molar-refractivity contribution is 6.01. The van der Waals surface area contributed by atoms with Crippen LogP contribution in [-0.4, -0.2) is 18.7 Å². The maximum atomic E-state index is 12.3.